The molecule has 5 heterocycles. The van der Waals surface area contributed by atoms with Crippen LogP contribution in [0.5, 0.6) is 0 Å². The Balaban J connectivity index is 1.28. The number of hydrogen-bond donors (Lipinski definition) is 2. The molecule has 0 saturated carbocycles. The van der Waals surface area contributed by atoms with Gasteiger partial charge in [0.1, 0.15) is 11.6 Å². The molecular formula is C28H28FN9O. The lowest BCUT2D eigenvalue weighted by molar-refractivity contribution is -0.118. The first-order valence-electron chi connectivity index (χ1n) is 12.9. The molecule has 2 N–H and O–H groups in total. The van der Waals surface area contributed by atoms with Crippen LogP contribution < -0.4 is 20.4 Å². The summed E-state index contributed by atoms with van der Waals surface area (Å²) in [5.41, 5.74) is 3.68. The van der Waals surface area contributed by atoms with Gasteiger partial charge >= 0.3 is 0 Å². The highest BCUT2D eigenvalue weighted by Crippen LogP contribution is 2.25. The van der Waals surface area contributed by atoms with E-state index in [2.05, 4.69) is 37.1 Å². The van der Waals surface area contributed by atoms with E-state index in [-0.39, 0.29) is 18.1 Å². The van der Waals surface area contributed by atoms with Crippen molar-refractivity contribution in [2.24, 2.45) is 0 Å². The van der Waals surface area contributed by atoms with Crippen LogP contribution in [0.2, 0.25) is 0 Å². The van der Waals surface area contributed by atoms with Crippen molar-refractivity contribution < 1.29 is 9.18 Å². The van der Waals surface area contributed by atoms with Crippen LogP contribution in [0, 0.1) is 5.82 Å². The van der Waals surface area contributed by atoms with Crippen LogP contribution >= 0.6 is 0 Å². The number of nitrogens with zero attached hydrogens (tertiary/aromatic N) is 7. The first-order chi connectivity index (χ1) is 19.0. The second-order valence-corrected chi connectivity index (χ2v) is 9.52. The van der Waals surface area contributed by atoms with Gasteiger partial charge in [-0.2, -0.15) is 19.6 Å². The molecular weight excluding hydrogens is 497 g/mol. The summed E-state index contributed by atoms with van der Waals surface area (Å²) in [6.07, 6.45) is 6.30. The molecule has 2 aliphatic heterocycles. The monoisotopic (exact) mass is 525 g/mol. The number of nitrogens with one attached hydrogen (secondary N) is 2. The molecule has 11 heteroatoms. The summed E-state index contributed by atoms with van der Waals surface area (Å²) in [6, 6.07) is 12.5. The number of carbonyl (C=O) groups excluding carboxylic acids is 1. The summed E-state index contributed by atoms with van der Waals surface area (Å²) in [6.45, 7) is 7.52. The van der Waals surface area contributed by atoms with Crippen molar-refractivity contribution in [3.05, 3.63) is 89.7 Å². The molecule has 2 fully saturated rings. The minimum Gasteiger partial charge on any atom is -0.354 e. The third-order valence-electron chi connectivity index (χ3n) is 6.86. The Hall–Kier alpha value is -4.80. The van der Waals surface area contributed by atoms with Crippen LogP contribution in [-0.4, -0.2) is 63.2 Å². The number of pyridine rings is 1. The number of fused-ring (bicyclic) bond motifs is 1. The number of benzene rings is 1. The zero-order valence-corrected chi connectivity index (χ0v) is 21.3. The predicted octanol–water partition coefficient (Wildman–Crippen LogP) is 3.06. The van der Waals surface area contributed by atoms with Crippen molar-refractivity contribution >= 4 is 35.3 Å². The molecule has 198 valence electrons. The third-order valence-corrected chi connectivity index (χ3v) is 6.86. The van der Waals surface area contributed by atoms with Gasteiger partial charge in [-0.1, -0.05) is 24.8 Å². The molecule has 0 radical (unpaired) electrons. The smallest absolute Gasteiger partial charge is 0.230 e. The van der Waals surface area contributed by atoms with Crippen LogP contribution in [0.3, 0.4) is 0 Å². The predicted molar refractivity (Wildman–Crippen MR) is 148 cm³/mol. The maximum absolute atomic E-state index is 13.6. The van der Waals surface area contributed by atoms with E-state index in [0.717, 1.165) is 48.7 Å². The highest BCUT2D eigenvalue weighted by Gasteiger charge is 2.23. The van der Waals surface area contributed by atoms with E-state index in [0.29, 0.717) is 36.2 Å². The van der Waals surface area contributed by atoms with Crippen molar-refractivity contribution in [2.45, 2.75) is 12.8 Å². The molecule has 0 bridgehead atoms. The van der Waals surface area contributed by atoms with Crippen molar-refractivity contribution in [2.75, 3.05) is 47.8 Å². The van der Waals surface area contributed by atoms with E-state index in [4.69, 9.17) is 9.97 Å². The standard InChI is InChI=1S/C28H28FN9O/c1-19-21(17-25(39)33-19)16-22-18-32-38-26(22)34-28(35-27(38)31-10-8-20-5-4-6-23(29)15-20)37-13-11-36(12-14-37)24-7-2-3-9-30-24/h2-7,9,15-16,18H,1,8,10-14,17H2,(H,33,39)(H,31,34,35)/b21-16+. The molecule has 10 nitrogen and oxygen atoms in total. The van der Waals surface area contributed by atoms with Gasteiger partial charge in [0.25, 0.3) is 0 Å². The average Bonchev–Trinajstić information content (AvgIpc) is 3.50. The van der Waals surface area contributed by atoms with Gasteiger partial charge in [-0.25, -0.2) is 9.37 Å². The Morgan fingerprint density at radius 2 is 1.92 bits per heavy atom. The summed E-state index contributed by atoms with van der Waals surface area (Å²) in [7, 11) is 0. The minimum absolute atomic E-state index is 0.0801. The molecule has 3 aromatic heterocycles. The van der Waals surface area contributed by atoms with Crippen molar-refractivity contribution in [1.82, 2.24) is 29.9 Å². The highest BCUT2D eigenvalue weighted by atomic mass is 19.1. The number of rotatable bonds is 7. The Morgan fingerprint density at radius 1 is 1.08 bits per heavy atom. The normalized spacial score (nSPS) is 16.8. The Bertz CT molecular complexity index is 1560. The van der Waals surface area contributed by atoms with E-state index in [1.54, 1.807) is 23.0 Å². The van der Waals surface area contributed by atoms with Gasteiger partial charge in [0, 0.05) is 50.2 Å². The number of carbonyl (C=O) groups is 1. The lowest BCUT2D eigenvalue weighted by Gasteiger charge is -2.35. The molecule has 0 aliphatic carbocycles. The van der Waals surface area contributed by atoms with E-state index in [1.165, 1.54) is 12.1 Å². The number of allylic oxidation sites excluding steroid dienone is 1. The highest BCUT2D eigenvalue weighted by molar-refractivity contribution is 5.89. The fraction of sp³-hybridized carbons (Fsp3) is 0.250. The SMILES string of the molecule is C=C1NC(=O)C/C1=C\c1cnn2c(NCCc3cccc(F)c3)nc(N3CCN(c4ccccn4)CC3)nc12. The minimum atomic E-state index is -0.254. The Labute approximate surface area is 224 Å². The maximum atomic E-state index is 13.6. The molecule has 2 aliphatic rings. The van der Waals surface area contributed by atoms with Gasteiger partial charge in [0.05, 0.1) is 12.6 Å². The van der Waals surface area contributed by atoms with Crippen molar-refractivity contribution in [3.8, 4) is 0 Å². The molecule has 6 rings (SSSR count). The molecule has 1 aromatic carbocycles. The molecule has 4 aromatic rings. The third kappa shape index (κ3) is 5.28. The number of anilines is 3. The quantitative estimate of drug-likeness (QED) is 0.380. The summed E-state index contributed by atoms with van der Waals surface area (Å²) in [5.74, 6) is 1.76. The molecule has 39 heavy (non-hydrogen) atoms. The fourth-order valence-electron chi connectivity index (χ4n) is 4.83. The summed E-state index contributed by atoms with van der Waals surface area (Å²) in [5, 5.41) is 10.7. The number of amides is 1. The topological polar surface area (TPSA) is 104 Å². The molecule has 2 saturated heterocycles. The second kappa shape index (κ2) is 10.5. The largest absolute Gasteiger partial charge is 0.354 e. The summed E-state index contributed by atoms with van der Waals surface area (Å²) >= 11 is 0. The molecule has 0 spiro atoms. The lowest BCUT2D eigenvalue weighted by atomic mass is 10.1. The van der Waals surface area contributed by atoms with Gasteiger partial charge in [0.2, 0.25) is 17.8 Å². The Kier molecular flexibility index (Phi) is 6.62. The number of aromatic nitrogens is 5. The second-order valence-electron chi connectivity index (χ2n) is 9.52. The van der Waals surface area contributed by atoms with E-state index >= 15 is 0 Å². The first-order valence-corrected chi connectivity index (χ1v) is 12.9. The molecule has 0 unspecified atom stereocenters. The van der Waals surface area contributed by atoms with E-state index in [9.17, 15) is 9.18 Å². The van der Waals surface area contributed by atoms with Crippen LogP contribution in [0.15, 0.2) is 72.7 Å². The first kappa shape index (κ1) is 24.5. The zero-order valence-electron chi connectivity index (χ0n) is 21.3. The van der Waals surface area contributed by atoms with E-state index < -0.39 is 0 Å². The number of piperazine rings is 1. The Morgan fingerprint density at radius 3 is 2.67 bits per heavy atom. The van der Waals surface area contributed by atoms with Crippen LogP contribution in [-0.2, 0) is 11.2 Å². The van der Waals surface area contributed by atoms with Gasteiger partial charge in [-0.05, 0) is 47.9 Å². The fourth-order valence-corrected chi connectivity index (χ4v) is 4.83. The number of halogens is 1. The molecule has 1 amide bonds. The van der Waals surface area contributed by atoms with Crippen LogP contribution in [0.4, 0.5) is 22.1 Å². The van der Waals surface area contributed by atoms with Crippen LogP contribution in [0.1, 0.15) is 17.5 Å². The number of hydrogen-bond acceptors (Lipinski definition) is 8. The van der Waals surface area contributed by atoms with Gasteiger partial charge in [-0.3, -0.25) is 4.79 Å². The molecule has 0 atom stereocenters. The zero-order chi connectivity index (χ0) is 26.8. The van der Waals surface area contributed by atoms with Crippen molar-refractivity contribution in [1.29, 1.82) is 0 Å². The van der Waals surface area contributed by atoms with Crippen molar-refractivity contribution in [3.63, 3.8) is 0 Å². The average molecular weight is 526 g/mol. The lowest BCUT2D eigenvalue weighted by Crippen LogP contribution is -2.47. The maximum Gasteiger partial charge on any atom is 0.230 e. The van der Waals surface area contributed by atoms with Crippen LogP contribution in [0.25, 0.3) is 11.7 Å². The van der Waals surface area contributed by atoms with Gasteiger partial charge in [-0.15, -0.1) is 0 Å². The van der Waals surface area contributed by atoms with Gasteiger partial charge < -0.3 is 20.4 Å². The summed E-state index contributed by atoms with van der Waals surface area (Å²) in [4.78, 5) is 30.4. The summed E-state index contributed by atoms with van der Waals surface area (Å²) < 4.78 is 15.3. The van der Waals surface area contributed by atoms with Gasteiger partial charge in [0.15, 0.2) is 5.65 Å². The van der Waals surface area contributed by atoms with E-state index in [1.807, 2.05) is 30.3 Å².